The fourth-order valence-electron chi connectivity index (χ4n) is 3.40. The largest absolute Gasteiger partial charge is 0.467 e. The van der Waals surface area contributed by atoms with Gasteiger partial charge >= 0.3 is 0 Å². The summed E-state index contributed by atoms with van der Waals surface area (Å²) in [5.74, 6) is 1.51. The second-order valence-electron chi connectivity index (χ2n) is 6.78. The first-order valence-electron chi connectivity index (χ1n) is 9.21. The molecule has 1 aromatic carbocycles. The molecule has 0 spiro atoms. The normalized spacial score (nSPS) is 16.5. The van der Waals surface area contributed by atoms with Gasteiger partial charge in [-0.1, -0.05) is 30.0 Å². The molecule has 1 atom stereocenters. The van der Waals surface area contributed by atoms with Gasteiger partial charge in [0.2, 0.25) is 0 Å². The number of imidazole rings is 1. The molecule has 1 aliphatic heterocycles. The number of carbonyl (C=O) groups excluding carboxylic acids is 1. The highest BCUT2D eigenvalue weighted by Gasteiger charge is 2.36. The molecule has 4 heterocycles. The first-order valence-corrected chi connectivity index (χ1v) is 10.2. The molecule has 0 saturated carbocycles. The quantitative estimate of drug-likeness (QED) is 0.464. The molecule has 3 aromatic heterocycles. The zero-order valence-electron chi connectivity index (χ0n) is 15.7. The Hall–Kier alpha value is -3.26. The monoisotopic (exact) mass is 406 g/mol. The summed E-state index contributed by atoms with van der Waals surface area (Å²) >= 11 is 1.39. The van der Waals surface area contributed by atoms with Gasteiger partial charge in [-0.2, -0.15) is 5.10 Å². The first kappa shape index (κ1) is 17.8. The Morgan fingerprint density at radius 1 is 1.28 bits per heavy atom. The van der Waals surface area contributed by atoms with E-state index in [4.69, 9.17) is 8.83 Å². The highest BCUT2D eigenvalue weighted by atomic mass is 32.2. The summed E-state index contributed by atoms with van der Waals surface area (Å²) in [4.78, 5) is 17.3. The number of aromatic nitrogens is 2. The third kappa shape index (κ3) is 3.36. The second-order valence-corrected chi connectivity index (χ2v) is 7.72. The van der Waals surface area contributed by atoms with Gasteiger partial charge in [-0.3, -0.25) is 4.79 Å². The average molecular weight is 406 g/mol. The van der Waals surface area contributed by atoms with Crippen LogP contribution in [0, 0.1) is 0 Å². The fourth-order valence-corrected chi connectivity index (χ4v) is 4.18. The molecule has 1 aliphatic rings. The smallest absolute Gasteiger partial charge is 0.253 e. The van der Waals surface area contributed by atoms with E-state index in [-0.39, 0.29) is 17.7 Å². The van der Waals surface area contributed by atoms with Crippen molar-refractivity contribution < 1.29 is 13.6 Å². The minimum atomic E-state index is -0.289. The number of fused-ring (bicyclic) bond motifs is 1. The summed E-state index contributed by atoms with van der Waals surface area (Å²) in [5, 5.41) is 7.93. The molecule has 0 saturated heterocycles. The Labute approximate surface area is 171 Å². The molecule has 1 amide bonds. The van der Waals surface area contributed by atoms with Gasteiger partial charge in [0.05, 0.1) is 12.0 Å². The van der Waals surface area contributed by atoms with Gasteiger partial charge in [-0.25, -0.2) is 9.99 Å². The zero-order chi connectivity index (χ0) is 19.8. The second kappa shape index (κ2) is 7.29. The van der Waals surface area contributed by atoms with Crippen molar-refractivity contribution in [1.29, 1.82) is 0 Å². The third-order valence-electron chi connectivity index (χ3n) is 4.85. The van der Waals surface area contributed by atoms with Crippen LogP contribution in [-0.4, -0.2) is 31.9 Å². The molecule has 0 unspecified atom stereocenters. The molecule has 0 fully saturated rings. The van der Waals surface area contributed by atoms with Crippen LogP contribution in [0.5, 0.6) is 0 Å². The Balaban J connectivity index is 1.42. The van der Waals surface area contributed by atoms with Crippen LogP contribution in [0.3, 0.4) is 0 Å². The Kier molecular flexibility index (Phi) is 4.48. The number of furan rings is 2. The zero-order valence-corrected chi connectivity index (χ0v) is 16.5. The van der Waals surface area contributed by atoms with E-state index in [1.807, 2.05) is 60.3 Å². The molecule has 0 radical (unpaired) electrons. The lowest BCUT2D eigenvalue weighted by Gasteiger charge is -2.19. The minimum Gasteiger partial charge on any atom is -0.467 e. The molecule has 0 bridgehead atoms. The number of rotatable bonds is 5. The SMILES string of the molecule is Cn1ccnc1SCC(=O)N1N=C(c2cc3ccccc3o2)C[C@H]1c1ccco1. The lowest BCUT2D eigenvalue weighted by molar-refractivity contribution is -0.130. The van der Waals surface area contributed by atoms with Crippen LogP contribution in [0.1, 0.15) is 24.0 Å². The number of carbonyl (C=O) groups is 1. The fraction of sp³-hybridized carbons (Fsp3) is 0.190. The van der Waals surface area contributed by atoms with Crippen LogP contribution < -0.4 is 0 Å². The number of thioether (sulfide) groups is 1. The number of hydrogen-bond acceptors (Lipinski definition) is 6. The van der Waals surface area contributed by atoms with Gasteiger partial charge in [0.25, 0.3) is 5.91 Å². The van der Waals surface area contributed by atoms with E-state index in [1.165, 1.54) is 16.8 Å². The van der Waals surface area contributed by atoms with Gasteiger partial charge in [0.1, 0.15) is 23.1 Å². The molecule has 7 nitrogen and oxygen atoms in total. The van der Waals surface area contributed by atoms with Crippen LogP contribution in [-0.2, 0) is 11.8 Å². The molecule has 29 heavy (non-hydrogen) atoms. The summed E-state index contributed by atoms with van der Waals surface area (Å²) in [7, 11) is 1.90. The Morgan fingerprint density at radius 3 is 2.93 bits per heavy atom. The predicted molar refractivity (Wildman–Crippen MR) is 110 cm³/mol. The highest BCUT2D eigenvalue weighted by molar-refractivity contribution is 7.99. The predicted octanol–water partition coefficient (Wildman–Crippen LogP) is 4.23. The van der Waals surface area contributed by atoms with Crippen LogP contribution in [0.15, 0.2) is 80.2 Å². The van der Waals surface area contributed by atoms with E-state index in [2.05, 4.69) is 10.1 Å². The maximum atomic E-state index is 13.0. The number of hydrazone groups is 1. The van der Waals surface area contributed by atoms with Crippen LogP contribution in [0.4, 0.5) is 0 Å². The lowest BCUT2D eigenvalue weighted by Crippen LogP contribution is -2.28. The van der Waals surface area contributed by atoms with Crippen LogP contribution in [0.2, 0.25) is 0 Å². The molecule has 0 aliphatic carbocycles. The lowest BCUT2D eigenvalue weighted by atomic mass is 10.1. The van der Waals surface area contributed by atoms with E-state index in [1.54, 1.807) is 12.5 Å². The van der Waals surface area contributed by atoms with Crippen molar-refractivity contribution >= 4 is 34.3 Å². The number of hydrogen-bond donors (Lipinski definition) is 0. The van der Waals surface area contributed by atoms with Crippen molar-refractivity contribution in [3.05, 3.63) is 72.6 Å². The van der Waals surface area contributed by atoms with Gasteiger partial charge < -0.3 is 13.4 Å². The van der Waals surface area contributed by atoms with E-state index in [0.717, 1.165) is 21.8 Å². The summed E-state index contributed by atoms with van der Waals surface area (Å²) in [6.07, 6.45) is 5.71. The van der Waals surface area contributed by atoms with Crippen LogP contribution in [0.25, 0.3) is 11.0 Å². The standard InChI is InChI=1S/C21H18N4O3S/c1-24-9-8-22-21(24)29-13-20(26)25-16(18-7-4-10-27-18)12-15(23-25)19-11-14-5-2-3-6-17(14)28-19/h2-11,16H,12-13H2,1H3/t16-/m0/s1. The molecule has 146 valence electrons. The van der Waals surface area contributed by atoms with Crippen molar-refractivity contribution in [2.45, 2.75) is 17.6 Å². The summed E-state index contributed by atoms with van der Waals surface area (Å²) in [6, 6.07) is 13.2. The van der Waals surface area contributed by atoms with Crippen molar-refractivity contribution in [2.75, 3.05) is 5.75 Å². The van der Waals surface area contributed by atoms with E-state index < -0.39 is 0 Å². The molecule has 0 N–H and O–H groups in total. The van der Waals surface area contributed by atoms with E-state index in [9.17, 15) is 4.79 Å². The average Bonchev–Trinajstić information content (AvgIpc) is 3.51. The van der Waals surface area contributed by atoms with Gasteiger partial charge in [-0.15, -0.1) is 0 Å². The highest BCUT2D eigenvalue weighted by Crippen LogP contribution is 2.35. The molecular weight excluding hydrogens is 388 g/mol. The maximum Gasteiger partial charge on any atom is 0.253 e. The van der Waals surface area contributed by atoms with Crippen LogP contribution >= 0.6 is 11.8 Å². The van der Waals surface area contributed by atoms with Crippen molar-refractivity contribution in [3.8, 4) is 0 Å². The van der Waals surface area contributed by atoms with E-state index >= 15 is 0 Å². The number of para-hydroxylation sites is 1. The van der Waals surface area contributed by atoms with E-state index in [0.29, 0.717) is 17.9 Å². The summed E-state index contributed by atoms with van der Waals surface area (Å²) in [6.45, 7) is 0. The molecule has 5 rings (SSSR count). The maximum absolute atomic E-state index is 13.0. The number of nitrogens with zero attached hydrogens (tertiary/aromatic N) is 4. The number of aryl methyl sites for hydroxylation is 1. The van der Waals surface area contributed by atoms with Gasteiger partial charge in [0.15, 0.2) is 10.9 Å². The molecular formula is C21H18N4O3S. The minimum absolute atomic E-state index is 0.106. The summed E-state index contributed by atoms with van der Waals surface area (Å²) < 4.78 is 13.4. The van der Waals surface area contributed by atoms with Crippen molar-refractivity contribution in [3.63, 3.8) is 0 Å². The molecule has 4 aromatic rings. The first-order chi connectivity index (χ1) is 14.2. The van der Waals surface area contributed by atoms with Crippen molar-refractivity contribution in [2.24, 2.45) is 12.1 Å². The number of amides is 1. The van der Waals surface area contributed by atoms with Gasteiger partial charge in [0, 0.05) is 31.2 Å². The Bertz CT molecular complexity index is 1160. The number of benzene rings is 1. The summed E-state index contributed by atoms with van der Waals surface area (Å²) in [5.41, 5.74) is 1.54. The van der Waals surface area contributed by atoms with Crippen molar-refractivity contribution in [1.82, 2.24) is 14.6 Å². The third-order valence-corrected chi connectivity index (χ3v) is 5.89. The Morgan fingerprint density at radius 2 is 2.17 bits per heavy atom. The van der Waals surface area contributed by atoms with Gasteiger partial charge in [-0.05, 0) is 24.3 Å². The topological polar surface area (TPSA) is 76.8 Å². The molecule has 8 heteroatoms.